The fraction of sp³-hybridized carbons (Fsp3) is 0.867. The molecule has 5 heteroatoms. The number of hydrogen-bond donors (Lipinski definition) is 1. The van der Waals surface area contributed by atoms with Crippen LogP contribution in [0.15, 0.2) is 4.52 Å². The predicted octanol–water partition coefficient (Wildman–Crippen LogP) is 2.93. The zero-order valence-electron chi connectivity index (χ0n) is 12.7. The topological polar surface area (TPSA) is 60.2 Å². The Morgan fingerprint density at radius 3 is 2.90 bits per heavy atom. The number of hydrogen-bond acceptors (Lipinski definition) is 5. The van der Waals surface area contributed by atoms with Crippen molar-refractivity contribution in [3.63, 3.8) is 0 Å². The molecule has 0 amide bonds. The van der Waals surface area contributed by atoms with Crippen molar-refractivity contribution in [1.29, 1.82) is 0 Å². The Morgan fingerprint density at radius 2 is 2.20 bits per heavy atom. The second-order valence-electron chi connectivity index (χ2n) is 6.35. The molecule has 4 unspecified atom stereocenters. The van der Waals surface area contributed by atoms with Crippen LogP contribution in [0.5, 0.6) is 0 Å². The van der Waals surface area contributed by atoms with E-state index in [1.54, 1.807) is 7.11 Å². The summed E-state index contributed by atoms with van der Waals surface area (Å²) in [6.45, 7) is 4.07. The van der Waals surface area contributed by atoms with Gasteiger partial charge in [-0.2, -0.15) is 4.98 Å². The van der Waals surface area contributed by atoms with E-state index in [0.717, 1.165) is 24.7 Å². The Labute approximate surface area is 120 Å². The largest absolute Gasteiger partial charge is 0.370 e. The Kier molecular flexibility index (Phi) is 3.82. The first kappa shape index (κ1) is 14.0. The summed E-state index contributed by atoms with van der Waals surface area (Å²) >= 11 is 0. The molecule has 4 atom stereocenters. The third-order valence-electron chi connectivity index (χ3n) is 5.20. The van der Waals surface area contributed by atoms with E-state index in [4.69, 9.17) is 9.26 Å². The maximum atomic E-state index is 5.54. The highest BCUT2D eigenvalue weighted by Crippen LogP contribution is 2.39. The fourth-order valence-corrected chi connectivity index (χ4v) is 3.50. The third kappa shape index (κ3) is 2.37. The zero-order chi connectivity index (χ0) is 14.2. The molecular weight excluding hydrogens is 254 g/mol. The van der Waals surface area contributed by atoms with Crippen molar-refractivity contribution in [1.82, 2.24) is 15.5 Å². The van der Waals surface area contributed by atoms with Crippen molar-refractivity contribution in [2.24, 2.45) is 5.92 Å². The van der Waals surface area contributed by atoms with Crippen LogP contribution >= 0.6 is 0 Å². The number of fused-ring (bicyclic) bond motifs is 1. The first-order chi connectivity index (χ1) is 9.66. The van der Waals surface area contributed by atoms with Crippen LogP contribution in [0.25, 0.3) is 0 Å². The van der Waals surface area contributed by atoms with Crippen molar-refractivity contribution < 1.29 is 9.26 Å². The normalized spacial score (nSPS) is 32.9. The maximum Gasteiger partial charge on any atom is 0.243 e. The highest BCUT2D eigenvalue weighted by Gasteiger charge is 2.39. The first-order valence-corrected chi connectivity index (χ1v) is 7.81. The molecule has 0 bridgehead atoms. The van der Waals surface area contributed by atoms with E-state index in [1.165, 1.54) is 25.7 Å². The monoisotopic (exact) mass is 279 g/mol. The van der Waals surface area contributed by atoms with E-state index in [-0.39, 0.29) is 6.04 Å². The molecule has 1 N–H and O–H groups in total. The third-order valence-corrected chi connectivity index (χ3v) is 5.20. The van der Waals surface area contributed by atoms with Gasteiger partial charge in [-0.1, -0.05) is 24.9 Å². The lowest BCUT2D eigenvalue weighted by Crippen LogP contribution is -2.30. The van der Waals surface area contributed by atoms with Gasteiger partial charge in [0.25, 0.3) is 0 Å². The lowest BCUT2D eigenvalue weighted by molar-refractivity contribution is -0.0106. The van der Waals surface area contributed by atoms with E-state index >= 15 is 0 Å². The van der Waals surface area contributed by atoms with Gasteiger partial charge in [0.05, 0.1) is 6.04 Å². The Balaban J connectivity index is 1.74. The van der Waals surface area contributed by atoms with Crippen LogP contribution in [-0.2, 0) is 10.3 Å². The van der Waals surface area contributed by atoms with Crippen molar-refractivity contribution in [3.8, 4) is 0 Å². The van der Waals surface area contributed by atoms with Gasteiger partial charge in [-0.15, -0.1) is 0 Å². The predicted molar refractivity (Wildman–Crippen MR) is 75.2 cm³/mol. The minimum atomic E-state index is -0.451. The number of nitrogens with one attached hydrogen (secondary N) is 1. The van der Waals surface area contributed by atoms with Gasteiger partial charge in [-0.05, 0) is 38.5 Å². The second-order valence-corrected chi connectivity index (χ2v) is 6.35. The summed E-state index contributed by atoms with van der Waals surface area (Å²) in [5.74, 6) is 2.17. The molecule has 1 saturated carbocycles. The van der Waals surface area contributed by atoms with E-state index < -0.39 is 5.60 Å². The smallest absolute Gasteiger partial charge is 0.243 e. The maximum absolute atomic E-state index is 5.54. The van der Waals surface area contributed by atoms with Crippen LogP contribution in [0.1, 0.15) is 70.1 Å². The summed E-state index contributed by atoms with van der Waals surface area (Å²) in [5, 5.41) is 7.81. The molecule has 5 nitrogen and oxygen atoms in total. The van der Waals surface area contributed by atoms with Gasteiger partial charge in [0, 0.05) is 13.2 Å². The van der Waals surface area contributed by atoms with Crippen LogP contribution < -0.4 is 5.32 Å². The molecule has 0 spiro atoms. The highest BCUT2D eigenvalue weighted by molar-refractivity contribution is 5.05. The van der Waals surface area contributed by atoms with Crippen molar-refractivity contribution in [2.75, 3.05) is 7.11 Å². The Morgan fingerprint density at radius 1 is 1.40 bits per heavy atom. The van der Waals surface area contributed by atoms with Gasteiger partial charge in [-0.3, -0.25) is 0 Å². The SMILES string of the molecule is CCC(C)(OC)c1noc(C2CC3CCCCC3N2)n1. The number of methoxy groups -OCH3 is 1. The molecule has 1 aromatic heterocycles. The van der Waals surface area contributed by atoms with Gasteiger partial charge >= 0.3 is 0 Å². The van der Waals surface area contributed by atoms with Crippen LogP contribution in [0.2, 0.25) is 0 Å². The quantitative estimate of drug-likeness (QED) is 0.918. The number of rotatable bonds is 4. The second kappa shape index (κ2) is 5.45. The van der Waals surface area contributed by atoms with Gasteiger partial charge in [0.2, 0.25) is 11.7 Å². The molecule has 3 rings (SSSR count). The van der Waals surface area contributed by atoms with E-state index in [9.17, 15) is 0 Å². The number of ether oxygens (including phenoxy) is 1. The lowest BCUT2D eigenvalue weighted by atomic mass is 9.85. The number of aromatic nitrogens is 2. The van der Waals surface area contributed by atoms with Crippen LogP contribution in [-0.4, -0.2) is 23.3 Å². The van der Waals surface area contributed by atoms with Crippen LogP contribution in [0, 0.1) is 5.92 Å². The van der Waals surface area contributed by atoms with Crippen LogP contribution in [0.4, 0.5) is 0 Å². The lowest BCUT2D eigenvalue weighted by Gasteiger charge is -2.24. The van der Waals surface area contributed by atoms with Gasteiger partial charge in [-0.25, -0.2) is 0 Å². The standard InChI is InChI=1S/C15H25N3O2/c1-4-15(2,19-3)14-17-13(20-18-14)12-9-10-7-5-6-8-11(10)16-12/h10-12,16H,4-9H2,1-3H3. The van der Waals surface area contributed by atoms with E-state index in [0.29, 0.717) is 11.9 Å². The molecular formula is C15H25N3O2. The molecule has 1 aromatic rings. The first-order valence-electron chi connectivity index (χ1n) is 7.81. The summed E-state index contributed by atoms with van der Waals surface area (Å²) in [7, 11) is 1.70. The average molecular weight is 279 g/mol. The minimum absolute atomic E-state index is 0.224. The zero-order valence-corrected chi connectivity index (χ0v) is 12.7. The molecule has 2 heterocycles. The van der Waals surface area contributed by atoms with Gasteiger partial charge in [0.1, 0.15) is 5.60 Å². The summed E-state index contributed by atoms with van der Waals surface area (Å²) in [6, 6.07) is 0.867. The van der Waals surface area contributed by atoms with Gasteiger partial charge < -0.3 is 14.6 Å². The summed E-state index contributed by atoms with van der Waals surface area (Å²) in [5.41, 5.74) is -0.451. The van der Waals surface area contributed by atoms with Gasteiger partial charge in [0.15, 0.2) is 0 Å². The number of nitrogens with zero attached hydrogens (tertiary/aromatic N) is 2. The molecule has 2 aliphatic rings. The minimum Gasteiger partial charge on any atom is -0.370 e. The summed E-state index contributed by atoms with van der Waals surface area (Å²) in [6.07, 6.45) is 7.27. The molecule has 1 saturated heterocycles. The van der Waals surface area contributed by atoms with Crippen molar-refractivity contribution in [3.05, 3.63) is 11.7 Å². The van der Waals surface area contributed by atoms with Crippen molar-refractivity contribution in [2.45, 2.75) is 70.1 Å². The van der Waals surface area contributed by atoms with Crippen LogP contribution in [0.3, 0.4) is 0 Å². The molecule has 0 radical (unpaired) electrons. The molecule has 1 aliphatic carbocycles. The Hall–Kier alpha value is -0.940. The summed E-state index contributed by atoms with van der Waals surface area (Å²) < 4.78 is 11.0. The average Bonchev–Trinajstić information content (AvgIpc) is 3.12. The molecule has 112 valence electrons. The van der Waals surface area contributed by atoms with E-state index in [2.05, 4.69) is 22.4 Å². The molecule has 20 heavy (non-hydrogen) atoms. The molecule has 0 aromatic carbocycles. The highest BCUT2D eigenvalue weighted by atomic mass is 16.5. The Bertz CT molecular complexity index is 442. The fourth-order valence-electron chi connectivity index (χ4n) is 3.50. The molecule has 2 fully saturated rings. The molecule has 1 aliphatic heterocycles. The van der Waals surface area contributed by atoms with E-state index in [1.807, 2.05) is 6.92 Å². The summed E-state index contributed by atoms with van der Waals surface area (Å²) in [4.78, 5) is 4.60. The van der Waals surface area contributed by atoms with Crippen molar-refractivity contribution >= 4 is 0 Å².